The zero-order chi connectivity index (χ0) is 22.1. The van der Waals surface area contributed by atoms with Gasteiger partial charge < -0.3 is 14.2 Å². The summed E-state index contributed by atoms with van der Waals surface area (Å²) < 4.78 is 8.19. The number of fused-ring (bicyclic) bond motifs is 1. The minimum absolute atomic E-state index is 0.0185. The van der Waals surface area contributed by atoms with Crippen LogP contribution in [-0.4, -0.2) is 28.6 Å². The standard InChI is InChI=1S/C26H24ClN3O2/c1-18-6-12-22(13-7-18)32-15-14-29-24-5-3-2-4-23(24)28-26(29)19-16-25(31)30(17-19)21-10-8-20(27)9-11-21/h2-13,19H,14-17H2,1H3/t19-/m1/s1. The fourth-order valence-corrected chi connectivity index (χ4v) is 4.41. The highest BCUT2D eigenvalue weighted by Crippen LogP contribution is 2.33. The zero-order valence-corrected chi connectivity index (χ0v) is 18.6. The molecule has 1 aliphatic rings. The van der Waals surface area contributed by atoms with Crippen LogP contribution in [0.15, 0.2) is 72.8 Å². The third kappa shape index (κ3) is 4.08. The molecule has 162 valence electrons. The molecule has 1 atom stereocenters. The number of hydrogen-bond donors (Lipinski definition) is 0. The van der Waals surface area contributed by atoms with Gasteiger partial charge in [-0.05, 0) is 55.5 Å². The summed E-state index contributed by atoms with van der Waals surface area (Å²) in [6.45, 7) is 3.85. The third-order valence-electron chi connectivity index (χ3n) is 5.92. The summed E-state index contributed by atoms with van der Waals surface area (Å²) in [6, 6.07) is 23.6. The first kappa shape index (κ1) is 20.6. The van der Waals surface area contributed by atoms with Crippen LogP contribution in [-0.2, 0) is 11.3 Å². The van der Waals surface area contributed by atoms with E-state index < -0.39 is 0 Å². The van der Waals surface area contributed by atoms with Crippen LogP contribution in [0.4, 0.5) is 5.69 Å². The van der Waals surface area contributed by atoms with E-state index >= 15 is 0 Å². The lowest BCUT2D eigenvalue weighted by molar-refractivity contribution is -0.117. The topological polar surface area (TPSA) is 47.4 Å². The quantitative estimate of drug-likeness (QED) is 0.388. The number of halogens is 1. The van der Waals surface area contributed by atoms with E-state index in [0.29, 0.717) is 31.1 Å². The Labute approximate surface area is 192 Å². The second-order valence-corrected chi connectivity index (χ2v) is 8.59. The molecule has 5 rings (SSSR count). The molecule has 1 amide bonds. The number of ether oxygens (including phenoxy) is 1. The van der Waals surface area contributed by atoms with Gasteiger partial charge in [-0.3, -0.25) is 4.79 Å². The van der Waals surface area contributed by atoms with Crippen molar-refractivity contribution in [1.82, 2.24) is 9.55 Å². The molecular formula is C26H24ClN3O2. The monoisotopic (exact) mass is 445 g/mol. The molecule has 4 aromatic rings. The van der Waals surface area contributed by atoms with E-state index in [4.69, 9.17) is 21.3 Å². The average Bonchev–Trinajstić information content (AvgIpc) is 3.36. The van der Waals surface area contributed by atoms with Gasteiger partial charge >= 0.3 is 0 Å². The van der Waals surface area contributed by atoms with Gasteiger partial charge in [0.25, 0.3) is 0 Å². The normalized spacial score (nSPS) is 16.1. The van der Waals surface area contributed by atoms with Crippen molar-refractivity contribution in [3.05, 3.63) is 89.2 Å². The Morgan fingerprint density at radius 2 is 1.78 bits per heavy atom. The van der Waals surface area contributed by atoms with E-state index in [9.17, 15) is 4.79 Å². The number of imidazole rings is 1. The van der Waals surface area contributed by atoms with E-state index in [-0.39, 0.29) is 11.8 Å². The van der Waals surface area contributed by atoms with Crippen molar-refractivity contribution in [1.29, 1.82) is 0 Å². The molecule has 1 aromatic heterocycles. The number of carbonyl (C=O) groups excluding carboxylic acids is 1. The van der Waals surface area contributed by atoms with Gasteiger partial charge in [-0.2, -0.15) is 0 Å². The van der Waals surface area contributed by atoms with Crippen molar-refractivity contribution in [2.75, 3.05) is 18.1 Å². The van der Waals surface area contributed by atoms with E-state index in [0.717, 1.165) is 28.3 Å². The highest BCUT2D eigenvalue weighted by molar-refractivity contribution is 6.30. The Balaban J connectivity index is 1.39. The Morgan fingerprint density at radius 3 is 2.56 bits per heavy atom. The predicted molar refractivity (Wildman–Crippen MR) is 128 cm³/mol. The third-order valence-corrected chi connectivity index (χ3v) is 6.17. The molecule has 1 fully saturated rings. The van der Waals surface area contributed by atoms with Gasteiger partial charge in [-0.1, -0.05) is 41.4 Å². The number of nitrogens with zero attached hydrogens (tertiary/aromatic N) is 3. The van der Waals surface area contributed by atoms with Crippen molar-refractivity contribution in [3.63, 3.8) is 0 Å². The molecule has 1 aliphatic heterocycles. The largest absolute Gasteiger partial charge is 0.492 e. The maximum atomic E-state index is 12.8. The highest BCUT2D eigenvalue weighted by atomic mass is 35.5. The first-order chi connectivity index (χ1) is 15.6. The maximum absolute atomic E-state index is 12.8. The fourth-order valence-electron chi connectivity index (χ4n) is 4.28. The first-order valence-electron chi connectivity index (χ1n) is 10.8. The Bertz CT molecular complexity index is 1250. The van der Waals surface area contributed by atoms with E-state index in [1.807, 2.05) is 71.6 Å². The number of aromatic nitrogens is 2. The minimum Gasteiger partial charge on any atom is -0.492 e. The van der Waals surface area contributed by atoms with Crippen LogP contribution in [0.25, 0.3) is 11.0 Å². The average molecular weight is 446 g/mol. The van der Waals surface area contributed by atoms with Crippen LogP contribution in [0.1, 0.15) is 23.7 Å². The van der Waals surface area contributed by atoms with Crippen molar-refractivity contribution in [2.45, 2.75) is 25.8 Å². The minimum atomic E-state index is 0.0185. The molecule has 0 aliphatic carbocycles. The van der Waals surface area contributed by atoms with Crippen molar-refractivity contribution >= 4 is 34.2 Å². The van der Waals surface area contributed by atoms with Crippen LogP contribution in [0.5, 0.6) is 5.75 Å². The lowest BCUT2D eigenvalue weighted by Gasteiger charge is -2.17. The predicted octanol–water partition coefficient (Wildman–Crippen LogP) is 5.60. The highest BCUT2D eigenvalue weighted by Gasteiger charge is 2.34. The van der Waals surface area contributed by atoms with Gasteiger partial charge in [0.05, 0.1) is 17.6 Å². The van der Waals surface area contributed by atoms with Gasteiger partial charge in [0.1, 0.15) is 18.2 Å². The molecule has 2 heterocycles. The van der Waals surface area contributed by atoms with Crippen molar-refractivity contribution in [2.24, 2.45) is 0 Å². The number of carbonyl (C=O) groups is 1. The summed E-state index contributed by atoms with van der Waals surface area (Å²) in [5.41, 5.74) is 4.08. The molecule has 0 spiro atoms. The summed E-state index contributed by atoms with van der Waals surface area (Å²) in [5.74, 6) is 1.91. The van der Waals surface area contributed by atoms with Crippen molar-refractivity contribution < 1.29 is 9.53 Å². The number of anilines is 1. The molecule has 0 N–H and O–H groups in total. The molecule has 1 saturated heterocycles. The van der Waals surface area contributed by atoms with E-state index in [1.54, 1.807) is 0 Å². The van der Waals surface area contributed by atoms with Crippen LogP contribution in [0.2, 0.25) is 5.02 Å². The number of hydrogen-bond acceptors (Lipinski definition) is 3. The van der Waals surface area contributed by atoms with Gasteiger partial charge in [0.15, 0.2) is 0 Å². The zero-order valence-electron chi connectivity index (χ0n) is 17.9. The number of para-hydroxylation sites is 2. The first-order valence-corrected chi connectivity index (χ1v) is 11.2. The molecular weight excluding hydrogens is 422 g/mol. The van der Waals surface area contributed by atoms with Gasteiger partial charge in [-0.25, -0.2) is 4.98 Å². The molecule has 0 bridgehead atoms. The molecule has 0 radical (unpaired) electrons. The van der Waals surface area contributed by atoms with Crippen LogP contribution in [0.3, 0.4) is 0 Å². The molecule has 0 saturated carbocycles. The molecule has 0 unspecified atom stereocenters. The Kier molecular flexibility index (Phi) is 5.58. The molecule has 3 aromatic carbocycles. The van der Waals surface area contributed by atoms with E-state index in [1.165, 1.54) is 5.56 Å². The van der Waals surface area contributed by atoms with Crippen LogP contribution < -0.4 is 9.64 Å². The van der Waals surface area contributed by atoms with E-state index in [2.05, 4.69) is 17.6 Å². The smallest absolute Gasteiger partial charge is 0.227 e. The lowest BCUT2D eigenvalue weighted by atomic mass is 10.1. The lowest BCUT2D eigenvalue weighted by Crippen LogP contribution is -2.24. The molecule has 32 heavy (non-hydrogen) atoms. The summed E-state index contributed by atoms with van der Waals surface area (Å²) in [7, 11) is 0. The number of aryl methyl sites for hydroxylation is 1. The van der Waals surface area contributed by atoms with Gasteiger partial charge in [0, 0.05) is 29.6 Å². The molecule has 5 nitrogen and oxygen atoms in total. The Hall–Kier alpha value is -3.31. The summed E-state index contributed by atoms with van der Waals surface area (Å²) >= 11 is 6.02. The maximum Gasteiger partial charge on any atom is 0.227 e. The van der Waals surface area contributed by atoms with Gasteiger partial charge in [-0.15, -0.1) is 0 Å². The SMILES string of the molecule is Cc1ccc(OCCn2c([C@@H]3CC(=O)N(c4ccc(Cl)cc4)C3)nc3ccccc32)cc1. The number of rotatable bonds is 6. The summed E-state index contributed by atoms with van der Waals surface area (Å²) in [4.78, 5) is 19.6. The van der Waals surface area contributed by atoms with Crippen LogP contribution >= 0.6 is 11.6 Å². The Morgan fingerprint density at radius 1 is 1.03 bits per heavy atom. The second kappa shape index (κ2) is 8.67. The fraction of sp³-hybridized carbons (Fsp3) is 0.231. The van der Waals surface area contributed by atoms with Crippen LogP contribution in [0, 0.1) is 6.92 Å². The second-order valence-electron chi connectivity index (χ2n) is 8.15. The molecule has 6 heteroatoms. The van der Waals surface area contributed by atoms with Gasteiger partial charge in [0.2, 0.25) is 5.91 Å². The number of benzene rings is 3. The number of amides is 1. The summed E-state index contributed by atoms with van der Waals surface area (Å²) in [5, 5.41) is 0.660. The summed E-state index contributed by atoms with van der Waals surface area (Å²) in [6.07, 6.45) is 0.435. The van der Waals surface area contributed by atoms with Crippen molar-refractivity contribution in [3.8, 4) is 5.75 Å².